The first-order valence-electron chi connectivity index (χ1n) is 4.37. The molecule has 0 unspecified atom stereocenters. The van der Waals surface area contributed by atoms with Crippen LogP contribution in [0.3, 0.4) is 0 Å². The van der Waals surface area contributed by atoms with Crippen LogP contribution in [0.2, 0.25) is 0 Å². The summed E-state index contributed by atoms with van der Waals surface area (Å²) in [5.41, 5.74) is 2.76. The van der Waals surface area contributed by atoms with Crippen molar-refractivity contribution in [1.82, 2.24) is 0 Å². The zero-order valence-corrected chi connectivity index (χ0v) is 7.59. The summed E-state index contributed by atoms with van der Waals surface area (Å²) in [6.07, 6.45) is 2.12. The lowest BCUT2D eigenvalue weighted by Gasteiger charge is -2.00. The SMILES string of the molecule is C=NCCc1cccc(CC)c1. The molecule has 0 saturated heterocycles. The molecule has 0 spiro atoms. The van der Waals surface area contributed by atoms with E-state index in [1.165, 1.54) is 11.1 Å². The molecule has 0 atom stereocenters. The van der Waals surface area contributed by atoms with Crippen LogP contribution in [0.15, 0.2) is 29.3 Å². The van der Waals surface area contributed by atoms with Gasteiger partial charge in [0.1, 0.15) is 0 Å². The van der Waals surface area contributed by atoms with Gasteiger partial charge in [-0.3, -0.25) is 0 Å². The minimum atomic E-state index is 0.827. The van der Waals surface area contributed by atoms with E-state index in [9.17, 15) is 0 Å². The molecule has 1 aromatic rings. The Morgan fingerprint density at radius 2 is 2.08 bits per heavy atom. The van der Waals surface area contributed by atoms with Gasteiger partial charge in [-0.1, -0.05) is 31.2 Å². The van der Waals surface area contributed by atoms with E-state index in [2.05, 4.69) is 42.9 Å². The zero-order valence-electron chi connectivity index (χ0n) is 7.59. The zero-order chi connectivity index (χ0) is 8.81. The van der Waals surface area contributed by atoms with Crippen LogP contribution >= 0.6 is 0 Å². The van der Waals surface area contributed by atoms with Crippen molar-refractivity contribution < 1.29 is 0 Å². The monoisotopic (exact) mass is 161 g/mol. The van der Waals surface area contributed by atoms with Crippen molar-refractivity contribution in [3.63, 3.8) is 0 Å². The fraction of sp³-hybridized carbons (Fsp3) is 0.364. The molecule has 12 heavy (non-hydrogen) atoms. The summed E-state index contributed by atoms with van der Waals surface area (Å²) in [5.74, 6) is 0. The van der Waals surface area contributed by atoms with Gasteiger partial charge in [0, 0.05) is 6.54 Å². The Balaban J connectivity index is 2.65. The van der Waals surface area contributed by atoms with Gasteiger partial charge in [0.15, 0.2) is 0 Å². The molecule has 1 aromatic carbocycles. The van der Waals surface area contributed by atoms with Crippen LogP contribution in [0.4, 0.5) is 0 Å². The van der Waals surface area contributed by atoms with Gasteiger partial charge in [-0.25, -0.2) is 0 Å². The highest BCUT2D eigenvalue weighted by Crippen LogP contribution is 2.06. The van der Waals surface area contributed by atoms with Crippen molar-refractivity contribution in [2.75, 3.05) is 6.54 Å². The van der Waals surface area contributed by atoms with Gasteiger partial charge >= 0.3 is 0 Å². The highest BCUT2D eigenvalue weighted by Gasteiger charge is 1.92. The lowest BCUT2D eigenvalue weighted by atomic mass is 10.1. The van der Waals surface area contributed by atoms with Gasteiger partial charge in [-0.2, -0.15) is 0 Å². The smallest absolute Gasteiger partial charge is 0.0422 e. The standard InChI is InChI=1S/C11H15N/c1-3-10-5-4-6-11(9-10)7-8-12-2/h4-6,9H,2-3,7-8H2,1H3. The number of benzene rings is 1. The number of aryl methyl sites for hydroxylation is 1. The molecule has 0 radical (unpaired) electrons. The maximum absolute atomic E-state index is 3.84. The van der Waals surface area contributed by atoms with Gasteiger partial charge in [-0.15, -0.1) is 0 Å². The fourth-order valence-electron chi connectivity index (χ4n) is 1.21. The Labute approximate surface area is 74.2 Å². The van der Waals surface area contributed by atoms with Gasteiger partial charge in [-0.05, 0) is 30.7 Å². The molecule has 64 valence electrons. The van der Waals surface area contributed by atoms with Crippen LogP contribution in [0.1, 0.15) is 18.1 Å². The summed E-state index contributed by atoms with van der Waals surface area (Å²) >= 11 is 0. The van der Waals surface area contributed by atoms with E-state index in [-0.39, 0.29) is 0 Å². The van der Waals surface area contributed by atoms with Crippen LogP contribution in [0, 0.1) is 0 Å². The molecule has 0 aliphatic rings. The molecule has 0 amide bonds. The Kier molecular flexibility index (Phi) is 3.52. The largest absolute Gasteiger partial charge is 0.301 e. The third-order valence-electron chi connectivity index (χ3n) is 1.96. The summed E-state index contributed by atoms with van der Waals surface area (Å²) in [4.78, 5) is 3.84. The lowest BCUT2D eigenvalue weighted by Crippen LogP contribution is -1.90. The first-order valence-corrected chi connectivity index (χ1v) is 4.37. The van der Waals surface area contributed by atoms with Crippen molar-refractivity contribution in [3.05, 3.63) is 35.4 Å². The highest BCUT2D eigenvalue weighted by atomic mass is 14.7. The van der Waals surface area contributed by atoms with Crippen LogP contribution in [-0.4, -0.2) is 13.3 Å². The summed E-state index contributed by atoms with van der Waals surface area (Å²) in [5, 5.41) is 0. The van der Waals surface area contributed by atoms with Gasteiger partial charge in [0.25, 0.3) is 0 Å². The molecule has 0 aliphatic heterocycles. The molecule has 0 saturated carbocycles. The highest BCUT2D eigenvalue weighted by molar-refractivity contribution is 5.25. The fourth-order valence-corrected chi connectivity index (χ4v) is 1.21. The second kappa shape index (κ2) is 4.70. The van der Waals surface area contributed by atoms with E-state index in [1.54, 1.807) is 0 Å². The number of aliphatic imine (C=N–C) groups is 1. The van der Waals surface area contributed by atoms with E-state index in [0.29, 0.717) is 0 Å². The summed E-state index contributed by atoms with van der Waals surface area (Å²) in [6.45, 7) is 6.47. The average molecular weight is 161 g/mol. The number of rotatable bonds is 4. The van der Waals surface area contributed by atoms with Gasteiger partial charge in [0.2, 0.25) is 0 Å². The van der Waals surface area contributed by atoms with Crippen LogP contribution < -0.4 is 0 Å². The third kappa shape index (κ3) is 2.50. The molecular weight excluding hydrogens is 146 g/mol. The molecule has 0 bridgehead atoms. The second-order valence-electron chi connectivity index (χ2n) is 2.87. The predicted molar refractivity (Wildman–Crippen MR) is 53.9 cm³/mol. The van der Waals surface area contributed by atoms with Gasteiger partial charge in [0.05, 0.1) is 0 Å². The minimum absolute atomic E-state index is 0.827. The van der Waals surface area contributed by atoms with Crippen molar-refractivity contribution in [2.24, 2.45) is 4.99 Å². The number of nitrogens with zero attached hydrogens (tertiary/aromatic N) is 1. The first kappa shape index (κ1) is 8.98. The Hall–Kier alpha value is -1.11. The molecule has 0 aliphatic carbocycles. The van der Waals surface area contributed by atoms with E-state index < -0.39 is 0 Å². The summed E-state index contributed by atoms with van der Waals surface area (Å²) in [7, 11) is 0. The molecule has 0 fully saturated rings. The Morgan fingerprint density at radius 1 is 1.33 bits per heavy atom. The third-order valence-corrected chi connectivity index (χ3v) is 1.96. The molecule has 0 heterocycles. The van der Waals surface area contributed by atoms with Crippen molar-refractivity contribution >= 4 is 6.72 Å². The van der Waals surface area contributed by atoms with Crippen molar-refractivity contribution in [2.45, 2.75) is 19.8 Å². The topological polar surface area (TPSA) is 12.4 Å². The number of hydrogen-bond donors (Lipinski definition) is 0. The normalized spacial score (nSPS) is 9.75. The molecule has 1 rings (SSSR count). The number of hydrogen-bond acceptors (Lipinski definition) is 1. The molecule has 1 heteroatoms. The van der Waals surface area contributed by atoms with E-state index >= 15 is 0 Å². The van der Waals surface area contributed by atoms with E-state index in [0.717, 1.165) is 19.4 Å². The van der Waals surface area contributed by atoms with Crippen molar-refractivity contribution in [1.29, 1.82) is 0 Å². The van der Waals surface area contributed by atoms with E-state index in [1.807, 2.05) is 0 Å². The average Bonchev–Trinajstić information content (AvgIpc) is 2.15. The second-order valence-corrected chi connectivity index (χ2v) is 2.87. The molecule has 0 N–H and O–H groups in total. The Morgan fingerprint density at radius 3 is 2.75 bits per heavy atom. The summed E-state index contributed by atoms with van der Waals surface area (Å²) < 4.78 is 0. The van der Waals surface area contributed by atoms with Gasteiger partial charge < -0.3 is 4.99 Å². The Bertz CT molecular complexity index is 253. The lowest BCUT2D eigenvalue weighted by molar-refractivity contribution is 0.969. The predicted octanol–water partition coefficient (Wildman–Crippen LogP) is 2.49. The van der Waals surface area contributed by atoms with Crippen LogP contribution in [0.5, 0.6) is 0 Å². The molecule has 1 nitrogen and oxygen atoms in total. The van der Waals surface area contributed by atoms with Crippen LogP contribution in [0.25, 0.3) is 0 Å². The van der Waals surface area contributed by atoms with E-state index in [4.69, 9.17) is 0 Å². The van der Waals surface area contributed by atoms with Crippen molar-refractivity contribution in [3.8, 4) is 0 Å². The minimum Gasteiger partial charge on any atom is -0.301 e. The molecular formula is C11H15N. The maximum atomic E-state index is 3.84. The van der Waals surface area contributed by atoms with Crippen LogP contribution in [-0.2, 0) is 12.8 Å². The first-order chi connectivity index (χ1) is 5.86. The summed E-state index contributed by atoms with van der Waals surface area (Å²) in [6, 6.07) is 8.65. The molecule has 0 aromatic heterocycles. The maximum Gasteiger partial charge on any atom is 0.0422 e. The quantitative estimate of drug-likeness (QED) is 0.602.